The molecule has 0 bridgehead atoms. The van der Waals surface area contributed by atoms with E-state index in [-0.39, 0.29) is 24.8 Å². The van der Waals surface area contributed by atoms with Crippen LogP contribution >= 0.6 is 24.8 Å². The first-order valence-electron chi connectivity index (χ1n) is 6.22. The molecule has 19 heavy (non-hydrogen) atoms. The molecule has 0 atom stereocenters. The van der Waals surface area contributed by atoms with Crippen molar-refractivity contribution in [2.75, 3.05) is 18.8 Å². The number of nitrogens with two attached hydrogens (primary N) is 1. The van der Waals surface area contributed by atoms with Crippen molar-refractivity contribution in [3.63, 3.8) is 0 Å². The Bertz CT molecular complexity index is 413. The summed E-state index contributed by atoms with van der Waals surface area (Å²) in [5.74, 6) is 0.874. The number of anilines is 1. The molecule has 0 amide bonds. The quantitative estimate of drug-likeness (QED) is 0.752. The lowest BCUT2D eigenvalue weighted by atomic mass is 10.0. The fourth-order valence-electron chi connectivity index (χ4n) is 2.08. The number of rotatable bonds is 3. The summed E-state index contributed by atoms with van der Waals surface area (Å²) in [4.78, 5) is 4.68. The molecule has 4 N–H and O–H groups in total. The maximum atomic E-state index is 5.91. The Morgan fingerprint density at radius 3 is 1.95 bits per heavy atom. The highest BCUT2D eigenvalue weighted by Gasteiger charge is 2.11. The molecule has 0 unspecified atom stereocenters. The highest BCUT2D eigenvalue weighted by atomic mass is 35.5. The molecule has 1 aromatic carbocycles. The second-order valence-electron chi connectivity index (χ2n) is 4.21. The molecule has 1 heterocycles. The van der Waals surface area contributed by atoms with Gasteiger partial charge in [-0.15, -0.1) is 24.8 Å². The van der Waals surface area contributed by atoms with Crippen molar-refractivity contribution in [3.05, 3.63) is 23.3 Å². The molecule has 1 saturated heterocycles. The van der Waals surface area contributed by atoms with Gasteiger partial charge in [-0.3, -0.25) is 0 Å². The van der Waals surface area contributed by atoms with E-state index >= 15 is 0 Å². The van der Waals surface area contributed by atoms with E-state index in [9.17, 15) is 0 Å². The van der Waals surface area contributed by atoms with E-state index in [1.165, 1.54) is 11.1 Å². The largest absolute Gasteiger partial charge is 0.399 e. The Kier molecular flexibility index (Phi) is 7.64. The minimum absolute atomic E-state index is 0. The first-order valence-corrected chi connectivity index (χ1v) is 6.22. The summed E-state index contributed by atoms with van der Waals surface area (Å²) in [6.45, 7) is 6.15. The van der Waals surface area contributed by atoms with Crippen LogP contribution in [0.15, 0.2) is 17.1 Å². The third-order valence-electron chi connectivity index (χ3n) is 2.99. The van der Waals surface area contributed by atoms with Gasteiger partial charge in [-0.05, 0) is 36.1 Å². The second-order valence-corrected chi connectivity index (χ2v) is 4.21. The number of hydrogen-bond donors (Lipinski definition) is 3. The number of aliphatic imine (C=N–C) groups is 1. The molecule has 0 spiro atoms. The third kappa shape index (κ3) is 4.18. The van der Waals surface area contributed by atoms with E-state index in [1.54, 1.807) is 0 Å². The molecular formula is C13H22Cl2N4. The van der Waals surface area contributed by atoms with Gasteiger partial charge >= 0.3 is 0 Å². The highest BCUT2D eigenvalue weighted by Crippen LogP contribution is 2.28. The Balaban J connectivity index is 0.00000162. The van der Waals surface area contributed by atoms with Gasteiger partial charge in [0.25, 0.3) is 0 Å². The average Bonchev–Trinajstić information content (AvgIpc) is 2.83. The van der Waals surface area contributed by atoms with Crippen LogP contribution in [0.4, 0.5) is 11.4 Å². The van der Waals surface area contributed by atoms with E-state index in [0.717, 1.165) is 43.3 Å². The van der Waals surface area contributed by atoms with Crippen molar-refractivity contribution in [2.45, 2.75) is 26.7 Å². The average molecular weight is 305 g/mol. The minimum atomic E-state index is 0. The van der Waals surface area contributed by atoms with E-state index in [1.807, 2.05) is 12.1 Å². The predicted octanol–water partition coefficient (Wildman–Crippen LogP) is 2.42. The fourth-order valence-corrected chi connectivity index (χ4v) is 2.08. The molecular weight excluding hydrogens is 283 g/mol. The Labute approximate surface area is 127 Å². The van der Waals surface area contributed by atoms with Crippen molar-refractivity contribution in [1.82, 2.24) is 10.6 Å². The maximum Gasteiger partial charge on any atom is 0.196 e. The second kappa shape index (κ2) is 8.12. The monoisotopic (exact) mass is 304 g/mol. The number of guanidine groups is 1. The number of nitrogen functional groups attached to an aromatic ring is 1. The first-order chi connectivity index (χ1) is 8.24. The lowest BCUT2D eigenvalue weighted by Crippen LogP contribution is -2.23. The van der Waals surface area contributed by atoms with Gasteiger partial charge in [0, 0.05) is 18.8 Å². The zero-order valence-corrected chi connectivity index (χ0v) is 13.0. The molecule has 6 heteroatoms. The lowest BCUT2D eigenvalue weighted by Gasteiger charge is -2.11. The number of hydrogen-bond acceptors (Lipinski definition) is 2. The summed E-state index contributed by atoms with van der Waals surface area (Å²) >= 11 is 0. The summed E-state index contributed by atoms with van der Waals surface area (Å²) in [6.07, 6.45) is 1.90. The number of halogens is 2. The molecule has 0 saturated carbocycles. The summed E-state index contributed by atoms with van der Waals surface area (Å²) in [5, 5.41) is 6.46. The van der Waals surface area contributed by atoms with Crippen LogP contribution in [0.1, 0.15) is 25.0 Å². The van der Waals surface area contributed by atoms with Crippen LogP contribution in [0.5, 0.6) is 0 Å². The Hall–Kier alpha value is -1.13. The normalized spacial score (nSPS) is 12.8. The smallest absolute Gasteiger partial charge is 0.196 e. The highest BCUT2D eigenvalue weighted by molar-refractivity contribution is 5.86. The van der Waals surface area contributed by atoms with Crippen molar-refractivity contribution >= 4 is 42.1 Å². The molecule has 4 nitrogen and oxygen atoms in total. The predicted molar refractivity (Wildman–Crippen MR) is 87.2 cm³/mol. The number of benzene rings is 1. The van der Waals surface area contributed by atoms with Gasteiger partial charge in [0.15, 0.2) is 5.96 Å². The molecule has 0 aromatic heterocycles. The van der Waals surface area contributed by atoms with Crippen LogP contribution in [0.2, 0.25) is 0 Å². The van der Waals surface area contributed by atoms with Gasteiger partial charge < -0.3 is 16.4 Å². The molecule has 1 aliphatic rings. The van der Waals surface area contributed by atoms with E-state index in [0.29, 0.717) is 0 Å². The number of nitrogens with one attached hydrogen (secondary N) is 2. The summed E-state index contributed by atoms with van der Waals surface area (Å²) in [6, 6.07) is 4.04. The minimum Gasteiger partial charge on any atom is -0.399 e. The Morgan fingerprint density at radius 2 is 1.53 bits per heavy atom. The van der Waals surface area contributed by atoms with Gasteiger partial charge in [0.1, 0.15) is 0 Å². The molecule has 1 aromatic rings. The molecule has 1 fully saturated rings. The summed E-state index contributed by atoms with van der Waals surface area (Å²) in [5.41, 5.74) is 10.2. The van der Waals surface area contributed by atoms with Crippen molar-refractivity contribution in [1.29, 1.82) is 0 Å². The molecule has 0 radical (unpaired) electrons. The van der Waals surface area contributed by atoms with E-state index in [2.05, 4.69) is 29.5 Å². The SMILES string of the molecule is CCc1cc(N)cc(CC)c1N=C1NCCN1.Cl.Cl. The van der Waals surface area contributed by atoms with Gasteiger partial charge in [0.2, 0.25) is 0 Å². The standard InChI is InChI=1S/C13H20N4.2ClH/c1-3-9-7-11(14)8-10(4-2)12(9)17-13-15-5-6-16-13;;/h7-8H,3-6,14H2,1-2H3,(H2,15,16,17);2*1H. The van der Waals surface area contributed by atoms with E-state index < -0.39 is 0 Å². The fraction of sp³-hybridized carbons (Fsp3) is 0.462. The molecule has 108 valence electrons. The van der Waals surface area contributed by atoms with Gasteiger partial charge in [0.05, 0.1) is 5.69 Å². The third-order valence-corrected chi connectivity index (χ3v) is 2.99. The number of aryl methyl sites for hydroxylation is 2. The molecule has 0 aliphatic carbocycles. The van der Waals surface area contributed by atoms with Crippen molar-refractivity contribution < 1.29 is 0 Å². The van der Waals surface area contributed by atoms with Crippen LogP contribution in [0.25, 0.3) is 0 Å². The van der Waals surface area contributed by atoms with Crippen molar-refractivity contribution in [3.8, 4) is 0 Å². The summed E-state index contributed by atoms with van der Waals surface area (Å²) < 4.78 is 0. The zero-order valence-electron chi connectivity index (χ0n) is 11.3. The van der Waals surface area contributed by atoms with Crippen LogP contribution in [0.3, 0.4) is 0 Å². The van der Waals surface area contributed by atoms with E-state index in [4.69, 9.17) is 5.73 Å². The summed E-state index contributed by atoms with van der Waals surface area (Å²) in [7, 11) is 0. The van der Waals surface area contributed by atoms with Crippen LogP contribution in [-0.4, -0.2) is 19.0 Å². The van der Waals surface area contributed by atoms with Crippen LogP contribution in [-0.2, 0) is 12.8 Å². The van der Waals surface area contributed by atoms with Crippen LogP contribution < -0.4 is 16.4 Å². The first kappa shape index (κ1) is 17.9. The van der Waals surface area contributed by atoms with Gasteiger partial charge in [-0.2, -0.15) is 0 Å². The zero-order chi connectivity index (χ0) is 12.3. The van der Waals surface area contributed by atoms with Crippen LogP contribution in [0, 0.1) is 0 Å². The maximum absolute atomic E-state index is 5.91. The molecule has 1 aliphatic heterocycles. The molecule has 2 rings (SSSR count). The van der Waals surface area contributed by atoms with Crippen molar-refractivity contribution in [2.24, 2.45) is 4.99 Å². The van der Waals surface area contributed by atoms with Gasteiger partial charge in [-0.1, -0.05) is 13.8 Å². The number of nitrogens with zero attached hydrogens (tertiary/aromatic N) is 1. The Morgan fingerprint density at radius 1 is 1.05 bits per heavy atom. The lowest BCUT2D eigenvalue weighted by molar-refractivity contribution is 0.942. The van der Waals surface area contributed by atoms with Gasteiger partial charge in [-0.25, -0.2) is 4.99 Å². The topological polar surface area (TPSA) is 62.4 Å².